The van der Waals surface area contributed by atoms with Crippen LogP contribution in [0.3, 0.4) is 0 Å². The largest absolute Gasteiger partial charge is 0.316 e. The Hall–Kier alpha value is -0.0800. The molecule has 0 bridgehead atoms. The van der Waals surface area contributed by atoms with Crippen LogP contribution >= 0.6 is 0 Å². The summed E-state index contributed by atoms with van der Waals surface area (Å²) in [7, 11) is 0. The average Bonchev–Trinajstić information content (AvgIpc) is 2.26. The molecule has 0 fully saturated rings. The molecule has 0 aliphatic rings. The first kappa shape index (κ1) is 14.9. The zero-order valence-corrected chi connectivity index (χ0v) is 11.0. The number of nitrogens with zero attached hydrogens (tertiary/aromatic N) is 1. The molecule has 0 aliphatic heterocycles. The van der Waals surface area contributed by atoms with Crippen LogP contribution in [0.15, 0.2) is 0 Å². The van der Waals surface area contributed by atoms with Crippen molar-refractivity contribution in [1.29, 1.82) is 0 Å². The minimum absolute atomic E-state index is 1.09. The van der Waals surface area contributed by atoms with Gasteiger partial charge in [0.05, 0.1) is 0 Å². The summed E-state index contributed by atoms with van der Waals surface area (Å²) < 4.78 is 0. The standard InChI is InChI=1S/C13H30N2/c1-4-7-8-9-10-12-15(6-3)13-11-14-5-2/h14H,4-13H2,1-3H3. The first-order chi connectivity index (χ1) is 7.35. The summed E-state index contributed by atoms with van der Waals surface area (Å²) in [5.41, 5.74) is 0. The molecular weight excluding hydrogens is 184 g/mol. The van der Waals surface area contributed by atoms with Crippen LogP contribution in [-0.4, -0.2) is 37.6 Å². The number of rotatable bonds is 11. The second-order valence-corrected chi connectivity index (χ2v) is 4.20. The molecule has 0 aromatic rings. The van der Waals surface area contributed by atoms with Crippen LogP contribution in [0.5, 0.6) is 0 Å². The zero-order valence-electron chi connectivity index (χ0n) is 11.0. The van der Waals surface area contributed by atoms with Crippen LogP contribution in [0.25, 0.3) is 0 Å². The van der Waals surface area contributed by atoms with Crippen LogP contribution in [0.4, 0.5) is 0 Å². The maximum atomic E-state index is 3.38. The van der Waals surface area contributed by atoms with Crippen LogP contribution in [0.1, 0.15) is 52.9 Å². The number of hydrogen-bond donors (Lipinski definition) is 1. The molecule has 92 valence electrons. The molecular formula is C13H30N2. The quantitative estimate of drug-likeness (QED) is 0.532. The van der Waals surface area contributed by atoms with Crippen molar-refractivity contribution in [3.05, 3.63) is 0 Å². The van der Waals surface area contributed by atoms with Gasteiger partial charge in [0.15, 0.2) is 0 Å². The fourth-order valence-electron chi connectivity index (χ4n) is 1.78. The Bertz CT molecular complexity index is 115. The third-order valence-electron chi connectivity index (χ3n) is 2.88. The highest BCUT2D eigenvalue weighted by atomic mass is 15.1. The molecule has 0 unspecified atom stereocenters. The van der Waals surface area contributed by atoms with Gasteiger partial charge in [0, 0.05) is 13.1 Å². The van der Waals surface area contributed by atoms with Gasteiger partial charge in [-0.2, -0.15) is 0 Å². The lowest BCUT2D eigenvalue weighted by Gasteiger charge is -2.20. The lowest BCUT2D eigenvalue weighted by atomic mass is 10.1. The van der Waals surface area contributed by atoms with Gasteiger partial charge in [-0.3, -0.25) is 0 Å². The van der Waals surface area contributed by atoms with Crippen molar-refractivity contribution in [2.45, 2.75) is 52.9 Å². The predicted molar refractivity (Wildman–Crippen MR) is 69.4 cm³/mol. The summed E-state index contributed by atoms with van der Waals surface area (Å²) in [6.07, 6.45) is 6.95. The molecule has 0 radical (unpaired) electrons. The third-order valence-corrected chi connectivity index (χ3v) is 2.88. The van der Waals surface area contributed by atoms with Crippen molar-refractivity contribution in [3.8, 4) is 0 Å². The Balaban J connectivity index is 3.28. The monoisotopic (exact) mass is 214 g/mol. The summed E-state index contributed by atoms with van der Waals surface area (Å²) in [6.45, 7) is 12.6. The molecule has 2 nitrogen and oxygen atoms in total. The Labute approximate surface area is 96.4 Å². The van der Waals surface area contributed by atoms with Gasteiger partial charge in [0.25, 0.3) is 0 Å². The lowest BCUT2D eigenvalue weighted by molar-refractivity contribution is 0.280. The Morgan fingerprint density at radius 3 is 2.20 bits per heavy atom. The molecule has 15 heavy (non-hydrogen) atoms. The second kappa shape index (κ2) is 12.0. The van der Waals surface area contributed by atoms with E-state index < -0.39 is 0 Å². The first-order valence-corrected chi connectivity index (χ1v) is 6.78. The number of nitrogens with one attached hydrogen (secondary N) is 1. The topological polar surface area (TPSA) is 15.3 Å². The van der Waals surface area contributed by atoms with Crippen molar-refractivity contribution in [3.63, 3.8) is 0 Å². The molecule has 0 aromatic carbocycles. The molecule has 0 saturated carbocycles. The number of hydrogen-bond acceptors (Lipinski definition) is 2. The van der Waals surface area contributed by atoms with Gasteiger partial charge >= 0.3 is 0 Å². The van der Waals surface area contributed by atoms with E-state index in [1.165, 1.54) is 51.7 Å². The smallest absolute Gasteiger partial charge is 0.0107 e. The minimum Gasteiger partial charge on any atom is -0.316 e. The van der Waals surface area contributed by atoms with Crippen LogP contribution in [0, 0.1) is 0 Å². The molecule has 0 aromatic heterocycles. The first-order valence-electron chi connectivity index (χ1n) is 6.78. The summed E-state index contributed by atoms with van der Waals surface area (Å²) in [4.78, 5) is 2.55. The fraction of sp³-hybridized carbons (Fsp3) is 1.00. The van der Waals surface area contributed by atoms with Gasteiger partial charge in [0.2, 0.25) is 0 Å². The van der Waals surface area contributed by atoms with E-state index in [0.717, 1.165) is 13.1 Å². The van der Waals surface area contributed by atoms with Gasteiger partial charge in [-0.15, -0.1) is 0 Å². The van der Waals surface area contributed by atoms with E-state index in [1.54, 1.807) is 0 Å². The van der Waals surface area contributed by atoms with Crippen molar-refractivity contribution in [2.75, 3.05) is 32.7 Å². The van der Waals surface area contributed by atoms with E-state index in [2.05, 4.69) is 31.0 Å². The Morgan fingerprint density at radius 1 is 0.867 bits per heavy atom. The van der Waals surface area contributed by atoms with Gasteiger partial charge in [-0.05, 0) is 26.1 Å². The molecule has 2 heteroatoms. The fourth-order valence-corrected chi connectivity index (χ4v) is 1.78. The highest BCUT2D eigenvalue weighted by molar-refractivity contribution is 4.57. The Morgan fingerprint density at radius 2 is 1.60 bits per heavy atom. The van der Waals surface area contributed by atoms with Gasteiger partial charge in [-0.25, -0.2) is 0 Å². The molecule has 0 heterocycles. The molecule has 0 saturated heterocycles. The SMILES string of the molecule is CCCCCCCN(CC)CCNCC. The van der Waals surface area contributed by atoms with Crippen molar-refractivity contribution >= 4 is 0 Å². The zero-order chi connectivity index (χ0) is 11.4. The molecule has 0 aliphatic carbocycles. The maximum absolute atomic E-state index is 3.38. The molecule has 0 spiro atoms. The van der Waals surface area contributed by atoms with Crippen LogP contribution < -0.4 is 5.32 Å². The normalized spacial score (nSPS) is 11.2. The van der Waals surface area contributed by atoms with E-state index in [-0.39, 0.29) is 0 Å². The lowest BCUT2D eigenvalue weighted by Crippen LogP contribution is -2.32. The third kappa shape index (κ3) is 10.2. The van der Waals surface area contributed by atoms with E-state index in [1.807, 2.05) is 0 Å². The Kier molecular flexibility index (Phi) is 11.9. The second-order valence-electron chi connectivity index (χ2n) is 4.20. The van der Waals surface area contributed by atoms with Crippen molar-refractivity contribution < 1.29 is 0 Å². The summed E-state index contributed by atoms with van der Waals surface area (Å²) in [5.74, 6) is 0. The summed E-state index contributed by atoms with van der Waals surface area (Å²) >= 11 is 0. The average molecular weight is 214 g/mol. The maximum Gasteiger partial charge on any atom is 0.0107 e. The number of likely N-dealkylation sites (N-methyl/N-ethyl adjacent to an activating group) is 2. The molecule has 0 amide bonds. The van der Waals surface area contributed by atoms with Gasteiger partial charge in [-0.1, -0.05) is 46.5 Å². The van der Waals surface area contributed by atoms with Crippen LogP contribution in [0.2, 0.25) is 0 Å². The highest BCUT2D eigenvalue weighted by Gasteiger charge is 2.00. The van der Waals surface area contributed by atoms with E-state index >= 15 is 0 Å². The molecule has 0 rings (SSSR count). The van der Waals surface area contributed by atoms with Crippen molar-refractivity contribution in [2.24, 2.45) is 0 Å². The predicted octanol–water partition coefficient (Wildman–Crippen LogP) is 2.89. The molecule has 0 atom stereocenters. The van der Waals surface area contributed by atoms with Gasteiger partial charge < -0.3 is 10.2 Å². The van der Waals surface area contributed by atoms with E-state index in [4.69, 9.17) is 0 Å². The molecule has 1 N–H and O–H groups in total. The minimum atomic E-state index is 1.09. The van der Waals surface area contributed by atoms with Crippen molar-refractivity contribution in [1.82, 2.24) is 10.2 Å². The summed E-state index contributed by atoms with van der Waals surface area (Å²) in [6, 6.07) is 0. The van der Waals surface area contributed by atoms with Gasteiger partial charge in [0.1, 0.15) is 0 Å². The summed E-state index contributed by atoms with van der Waals surface area (Å²) in [5, 5.41) is 3.38. The van der Waals surface area contributed by atoms with E-state index in [0.29, 0.717) is 0 Å². The van der Waals surface area contributed by atoms with E-state index in [9.17, 15) is 0 Å². The highest BCUT2D eigenvalue weighted by Crippen LogP contribution is 2.03. The van der Waals surface area contributed by atoms with Crippen LogP contribution in [-0.2, 0) is 0 Å². The number of unbranched alkanes of at least 4 members (excludes halogenated alkanes) is 4.